The predicted molar refractivity (Wildman–Crippen MR) is 109 cm³/mol. The Labute approximate surface area is 169 Å². The van der Waals surface area contributed by atoms with E-state index >= 15 is 0 Å². The normalized spacial score (nSPS) is 11.3. The topological polar surface area (TPSA) is 46.6 Å². The lowest BCUT2D eigenvalue weighted by Crippen LogP contribution is -2.31. The molecule has 7 heteroatoms. The van der Waals surface area contributed by atoms with E-state index in [-0.39, 0.29) is 17.1 Å². The zero-order valence-corrected chi connectivity index (χ0v) is 17.1. The number of hydrogen-bond donors (Lipinski definition) is 0. The van der Waals surface area contributed by atoms with Crippen molar-refractivity contribution in [2.45, 2.75) is 25.3 Å². The molecule has 0 saturated heterocycles. The van der Waals surface area contributed by atoms with Gasteiger partial charge in [0, 0.05) is 5.56 Å². The Morgan fingerprint density at radius 3 is 2.14 bits per heavy atom. The second-order valence-corrected chi connectivity index (χ2v) is 8.53. The zero-order valence-electron chi connectivity index (χ0n) is 16.3. The van der Waals surface area contributed by atoms with Gasteiger partial charge in [0.25, 0.3) is 10.0 Å². The molecular formula is C22H21F2NO3S. The van der Waals surface area contributed by atoms with Crippen LogP contribution in [0.3, 0.4) is 0 Å². The molecule has 0 atom stereocenters. The highest BCUT2D eigenvalue weighted by Gasteiger charge is 2.27. The minimum absolute atomic E-state index is 0.107. The second kappa shape index (κ2) is 8.21. The molecule has 3 aromatic rings. The number of halogens is 2. The van der Waals surface area contributed by atoms with Gasteiger partial charge in [0.05, 0.1) is 24.2 Å². The van der Waals surface area contributed by atoms with Crippen molar-refractivity contribution in [1.82, 2.24) is 0 Å². The van der Waals surface area contributed by atoms with Crippen molar-refractivity contribution in [3.05, 3.63) is 89.0 Å². The maximum atomic E-state index is 14.2. The van der Waals surface area contributed by atoms with Crippen LogP contribution in [0.2, 0.25) is 0 Å². The number of ether oxygens (including phenoxy) is 1. The number of anilines is 1. The first-order valence-electron chi connectivity index (χ1n) is 8.91. The van der Waals surface area contributed by atoms with Crippen molar-refractivity contribution in [3.63, 3.8) is 0 Å². The molecular weight excluding hydrogens is 396 g/mol. The van der Waals surface area contributed by atoms with Gasteiger partial charge in [-0.25, -0.2) is 17.2 Å². The Hall–Kier alpha value is -2.93. The molecule has 0 fully saturated rings. The number of para-hydroxylation sites is 1. The van der Waals surface area contributed by atoms with Crippen molar-refractivity contribution in [1.29, 1.82) is 0 Å². The molecule has 0 bridgehead atoms. The van der Waals surface area contributed by atoms with Gasteiger partial charge >= 0.3 is 0 Å². The van der Waals surface area contributed by atoms with Crippen LogP contribution in [0.1, 0.15) is 16.7 Å². The van der Waals surface area contributed by atoms with Crippen molar-refractivity contribution >= 4 is 15.7 Å². The van der Waals surface area contributed by atoms with Crippen LogP contribution in [-0.4, -0.2) is 15.5 Å². The first kappa shape index (κ1) is 20.8. The summed E-state index contributed by atoms with van der Waals surface area (Å²) in [6.07, 6.45) is 0. The molecule has 29 heavy (non-hydrogen) atoms. The Bertz CT molecular complexity index is 1150. The Morgan fingerprint density at radius 2 is 1.52 bits per heavy atom. The summed E-state index contributed by atoms with van der Waals surface area (Å²) >= 11 is 0. The maximum absolute atomic E-state index is 14.2. The summed E-state index contributed by atoms with van der Waals surface area (Å²) < 4.78 is 61.5. The van der Waals surface area contributed by atoms with Crippen LogP contribution >= 0.6 is 0 Å². The molecule has 3 rings (SSSR count). The molecule has 3 aromatic carbocycles. The van der Waals surface area contributed by atoms with Crippen LogP contribution in [0.25, 0.3) is 0 Å². The summed E-state index contributed by atoms with van der Waals surface area (Å²) in [6, 6.07) is 14.9. The zero-order chi connectivity index (χ0) is 21.2. The number of nitrogens with zero attached hydrogens (tertiary/aromatic N) is 1. The molecule has 0 aliphatic rings. The number of sulfonamides is 1. The Kier molecular flexibility index (Phi) is 5.88. The average molecular weight is 417 g/mol. The maximum Gasteiger partial charge on any atom is 0.264 e. The molecule has 0 N–H and O–H groups in total. The van der Waals surface area contributed by atoms with Gasteiger partial charge in [-0.1, -0.05) is 30.3 Å². The SMILES string of the molecule is COc1ccccc1CN(c1ccc(C)c(F)c1)S(=O)(=O)c1ccc(C)c(F)c1. The minimum Gasteiger partial charge on any atom is -0.496 e. The molecule has 4 nitrogen and oxygen atoms in total. The fourth-order valence-electron chi connectivity index (χ4n) is 2.90. The van der Waals surface area contributed by atoms with E-state index in [0.29, 0.717) is 22.4 Å². The van der Waals surface area contributed by atoms with Crippen LogP contribution in [0.5, 0.6) is 5.75 Å². The molecule has 0 unspecified atom stereocenters. The fourth-order valence-corrected chi connectivity index (χ4v) is 4.35. The number of rotatable bonds is 6. The summed E-state index contributed by atoms with van der Waals surface area (Å²) in [5.41, 5.74) is 1.46. The molecule has 0 aromatic heterocycles. The van der Waals surface area contributed by atoms with Crippen LogP contribution in [0, 0.1) is 25.5 Å². The molecule has 0 amide bonds. The molecule has 0 spiro atoms. The van der Waals surface area contributed by atoms with Crippen LogP contribution in [-0.2, 0) is 16.6 Å². The lowest BCUT2D eigenvalue weighted by molar-refractivity contribution is 0.410. The third-order valence-electron chi connectivity index (χ3n) is 4.68. The summed E-state index contributed by atoms with van der Waals surface area (Å²) in [5, 5.41) is 0. The van der Waals surface area contributed by atoms with Crippen molar-refractivity contribution in [2.24, 2.45) is 0 Å². The molecule has 0 aliphatic heterocycles. The predicted octanol–water partition coefficient (Wildman–Crippen LogP) is 4.99. The largest absolute Gasteiger partial charge is 0.496 e. The highest BCUT2D eigenvalue weighted by atomic mass is 32.2. The highest BCUT2D eigenvalue weighted by Crippen LogP contribution is 2.30. The van der Waals surface area contributed by atoms with E-state index in [1.165, 1.54) is 31.4 Å². The highest BCUT2D eigenvalue weighted by molar-refractivity contribution is 7.92. The number of methoxy groups -OCH3 is 1. The van der Waals surface area contributed by atoms with E-state index in [1.807, 2.05) is 0 Å². The fraction of sp³-hybridized carbons (Fsp3) is 0.182. The van der Waals surface area contributed by atoms with E-state index in [4.69, 9.17) is 4.74 Å². The second-order valence-electron chi connectivity index (χ2n) is 6.67. The average Bonchev–Trinajstić information content (AvgIpc) is 2.70. The first-order chi connectivity index (χ1) is 13.7. The molecule has 0 heterocycles. The third kappa shape index (κ3) is 4.24. The first-order valence-corrected chi connectivity index (χ1v) is 10.3. The Balaban J connectivity index is 2.15. The van der Waals surface area contributed by atoms with Crippen LogP contribution < -0.4 is 9.04 Å². The van der Waals surface area contributed by atoms with Gasteiger partial charge in [-0.2, -0.15) is 0 Å². The van der Waals surface area contributed by atoms with Gasteiger partial charge < -0.3 is 4.74 Å². The quantitative estimate of drug-likeness (QED) is 0.568. The van der Waals surface area contributed by atoms with E-state index in [1.54, 1.807) is 38.1 Å². The summed E-state index contributed by atoms with van der Waals surface area (Å²) in [7, 11) is -2.69. The van der Waals surface area contributed by atoms with Crippen molar-refractivity contribution < 1.29 is 21.9 Å². The number of benzene rings is 3. The lowest BCUT2D eigenvalue weighted by atomic mass is 10.2. The molecule has 0 saturated carbocycles. The molecule has 152 valence electrons. The minimum atomic E-state index is -4.18. The standard InChI is InChI=1S/C22H21F2NO3S/c1-15-8-10-18(12-20(15)23)25(14-17-6-4-5-7-22(17)28-3)29(26,27)19-11-9-16(2)21(24)13-19/h4-13H,14H2,1-3H3. The van der Waals surface area contributed by atoms with Gasteiger partial charge in [-0.15, -0.1) is 0 Å². The number of hydrogen-bond acceptors (Lipinski definition) is 3. The van der Waals surface area contributed by atoms with Gasteiger partial charge in [0.15, 0.2) is 0 Å². The summed E-state index contributed by atoms with van der Waals surface area (Å²) in [6.45, 7) is 3.03. The molecule has 0 aliphatic carbocycles. The third-order valence-corrected chi connectivity index (χ3v) is 6.45. The van der Waals surface area contributed by atoms with Gasteiger partial charge in [0.1, 0.15) is 17.4 Å². The summed E-state index contributed by atoms with van der Waals surface area (Å²) in [4.78, 5) is -0.212. The van der Waals surface area contributed by atoms with Crippen molar-refractivity contribution in [2.75, 3.05) is 11.4 Å². The lowest BCUT2D eigenvalue weighted by Gasteiger charge is -2.26. The van der Waals surface area contributed by atoms with Gasteiger partial charge in [0.2, 0.25) is 0 Å². The van der Waals surface area contributed by atoms with E-state index in [9.17, 15) is 17.2 Å². The van der Waals surface area contributed by atoms with Crippen molar-refractivity contribution in [3.8, 4) is 5.75 Å². The van der Waals surface area contributed by atoms with E-state index < -0.39 is 21.7 Å². The van der Waals surface area contributed by atoms with Gasteiger partial charge in [-0.3, -0.25) is 4.31 Å². The van der Waals surface area contributed by atoms with E-state index in [0.717, 1.165) is 16.4 Å². The van der Waals surface area contributed by atoms with Crippen LogP contribution in [0.15, 0.2) is 65.6 Å². The van der Waals surface area contributed by atoms with E-state index in [2.05, 4.69) is 0 Å². The molecule has 0 radical (unpaired) electrons. The van der Waals surface area contributed by atoms with Crippen LogP contribution in [0.4, 0.5) is 14.5 Å². The monoisotopic (exact) mass is 417 g/mol. The number of aryl methyl sites for hydroxylation is 2. The smallest absolute Gasteiger partial charge is 0.264 e. The van der Waals surface area contributed by atoms with Gasteiger partial charge in [-0.05, 0) is 55.3 Å². The summed E-state index contributed by atoms with van der Waals surface area (Å²) in [5.74, 6) is -0.661. The Morgan fingerprint density at radius 1 is 0.897 bits per heavy atom.